The highest BCUT2D eigenvalue weighted by atomic mass is 16.5. The molecule has 0 saturated carbocycles. The number of hydrogen-bond donors (Lipinski definition) is 2. The van der Waals surface area contributed by atoms with Crippen molar-refractivity contribution in [1.82, 2.24) is 14.9 Å². The quantitative estimate of drug-likeness (QED) is 0.739. The van der Waals surface area contributed by atoms with Gasteiger partial charge in [-0.1, -0.05) is 0 Å². The number of aromatic nitrogens is 2. The van der Waals surface area contributed by atoms with E-state index in [1.165, 1.54) is 6.20 Å². The summed E-state index contributed by atoms with van der Waals surface area (Å²) in [6.45, 7) is 3.44. The van der Waals surface area contributed by atoms with E-state index in [2.05, 4.69) is 27.2 Å². The second kappa shape index (κ2) is 5.09. The summed E-state index contributed by atoms with van der Waals surface area (Å²) in [6.07, 6.45) is 3.38. The molecule has 1 atom stereocenters. The fourth-order valence-electron chi connectivity index (χ4n) is 1.67. The lowest BCUT2D eigenvalue weighted by atomic mass is 10.3. The third kappa shape index (κ3) is 3.04. The molecule has 2 rings (SSSR count). The van der Waals surface area contributed by atoms with Crippen LogP contribution >= 0.6 is 0 Å². The van der Waals surface area contributed by atoms with Crippen molar-refractivity contribution >= 4 is 11.6 Å². The largest absolute Gasteiger partial charge is 0.382 e. The summed E-state index contributed by atoms with van der Waals surface area (Å²) >= 11 is 0. The molecule has 0 aromatic carbocycles. The normalized spacial score (nSPS) is 21.9. The Morgan fingerprint density at radius 1 is 1.62 bits per heavy atom. The van der Waals surface area contributed by atoms with Gasteiger partial charge in [0.1, 0.15) is 11.6 Å². The van der Waals surface area contributed by atoms with Gasteiger partial charge in [0.25, 0.3) is 0 Å². The lowest BCUT2D eigenvalue weighted by Gasteiger charge is -2.30. The van der Waals surface area contributed by atoms with Gasteiger partial charge in [-0.2, -0.15) is 0 Å². The second-order valence-corrected chi connectivity index (χ2v) is 3.97. The molecular weight excluding hydrogens is 206 g/mol. The lowest BCUT2D eigenvalue weighted by Crippen LogP contribution is -2.43. The highest BCUT2D eigenvalue weighted by molar-refractivity contribution is 5.38. The molecule has 1 saturated heterocycles. The van der Waals surface area contributed by atoms with Crippen LogP contribution in [0.1, 0.15) is 0 Å². The van der Waals surface area contributed by atoms with Crippen molar-refractivity contribution in [3.63, 3.8) is 0 Å². The van der Waals surface area contributed by atoms with Gasteiger partial charge in [-0.15, -0.1) is 0 Å². The van der Waals surface area contributed by atoms with E-state index in [0.717, 1.165) is 26.2 Å². The fourth-order valence-corrected chi connectivity index (χ4v) is 1.67. The van der Waals surface area contributed by atoms with Crippen LogP contribution < -0.4 is 11.1 Å². The van der Waals surface area contributed by atoms with Gasteiger partial charge in [-0.05, 0) is 7.05 Å². The number of rotatable bonds is 3. The van der Waals surface area contributed by atoms with Gasteiger partial charge in [0.2, 0.25) is 0 Å². The Morgan fingerprint density at radius 3 is 3.25 bits per heavy atom. The van der Waals surface area contributed by atoms with Crippen molar-refractivity contribution in [2.75, 3.05) is 44.3 Å². The average Bonchev–Trinajstić information content (AvgIpc) is 2.27. The molecule has 1 aliphatic heterocycles. The van der Waals surface area contributed by atoms with Gasteiger partial charge in [0.05, 0.1) is 25.1 Å². The van der Waals surface area contributed by atoms with Crippen molar-refractivity contribution in [3.8, 4) is 0 Å². The summed E-state index contributed by atoms with van der Waals surface area (Å²) in [6, 6.07) is 0. The second-order valence-electron chi connectivity index (χ2n) is 3.97. The number of nitrogens with two attached hydrogens (primary N) is 1. The Bertz CT molecular complexity index is 346. The molecule has 1 aliphatic rings. The van der Waals surface area contributed by atoms with E-state index in [0.29, 0.717) is 11.6 Å². The number of ether oxygens (including phenoxy) is 1. The topological polar surface area (TPSA) is 76.3 Å². The Balaban J connectivity index is 1.82. The number of anilines is 2. The molecule has 0 aliphatic carbocycles. The number of nitrogens with zero attached hydrogens (tertiary/aromatic N) is 3. The van der Waals surface area contributed by atoms with E-state index in [1.54, 1.807) is 6.20 Å². The maximum absolute atomic E-state index is 5.62. The van der Waals surface area contributed by atoms with Gasteiger partial charge >= 0.3 is 0 Å². The maximum Gasteiger partial charge on any atom is 0.147 e. The average molecular weight is 223 g/mol. The number of nitrogens with one attached hydrogen (secondary N) is 1. The number of nitrogen functional groups attached to an aromatic ring is 1. The summed E-state index contributed by atoms with van der Waals surface area (Å²) in [4.78, 5) is 10.3. The van der Waals surface area contributed by atoms with Gasteiger partial charge < -0.3 is 20.7 Å². The Labute approximate surface area is 94.8 Å². The van der Waals surface area contributed by atoms with Gasteiger partial charge in [-0.25, -0.2) is 4.98 Å². The Morgan fingerprint density at radius 2 is 2.50 bits per heavy atom. The molecule has 1 aromatic heterocycles. The van der Waals surface area contributed by atoms with E-state index in [1.807, 2.05) is 0 Å². The van der Waals surface area contributed by atoms with Gasteiger partial charge in [-0.3, -0.25) is 4.98 Å². The van der Waals surface area contributed by atoms with Crippen LogP contribution in [0.5, 0.6) is 0 Å². The van der Waals surface area contributed by atoms with Crippen LogP contribution in [0.25, 0.3) is 0 Å². The standard InChI is InChI=1S/C10H17N5O/c1-15-2-3-16-8(7-15)4-13-10-6-12-5-9(11)14-10/h5-6,8H,2-4,7H2,1H3,(H3,11,13,14). The highest BCUT2D eigenvalue weighted by Gasteiger charge is 2.17. The molecule has 1 aromatic rings. The highest BCUT2D eigenvalue weighted by Crippen LogP contribution is 2.06. The SMILES string of the molecule is CN1CCOC(CNc2cncc(N)n2)C1. The molecule has 0 spiro atoms. The Kier molecular flexibility index (Phi) is 3.53. The third-order valence-corrected chi connectivity index (χ3v) is 2.51. The molecule has 6 heteroatoms. The molecule has 0 radical (unpaired) electrons. The first-order valence-corrected chi connectivity index (χ1v) is 5.35. The van der Waals surface area contributed by atoms with E-state index in [4.69, 9.17) is 10.5 Å². The molecule has 0 bridgehead atoms. The first-order chi connectivity index (χ1) is 7.74. The molecule has 2 heterocycles. The summed E-state index contributed by atoms with van der Waals surface area (Å²) < 4.78 is 5.62. The van der Waals surface area contributed by atoms with Crippen LogP contribution in [0.3, 0.4) is 0 Å². The maximum atomic E-state index is 5.62. The molecule has 3 N–H and O–H groups in total. The monoisotopic (exact) mass is 223 g/mol. The zero-order chi connectivity index (χ0) is 11.4. The van der Waals surface area contributed by atoms with Gasteiger partial charge in [0.15, 0.2) is 0 Å². The Hall–Kier alpha value is -1.40. The van der Waals surface area contributed by atoms with Crippen LogP contribution in [0, 0.1) is 0 Å². The molecular formula is C10H17N5O. The van der Waals surface area contributed by atoms with Crippen molar-refractivity contribution in [2.24, 2.45) is 0 Å². The third-order valence-electron chi connectivity index (χ3n) is 2.51. The van der Waals surface area contributed by atoms with Crippen LogP contribution in [0.2, 0.25) is 0 Å². The predicted octanol–water partition coefficient (Wildman–Crippen LogP) is -0.199. The van der Waals surface area contributed by atoms with E-state index in [9.17, 15) is 0 Å². The summed E-state index contributed by atoms with van der Waals surface area (Å²) in [5.41, 5.74) is 5.54. The van der Waals surface area contributed by atoms with Gasteiger partial charge in [0, 0.05) is 19.6 Å². The van der Waals surface area contributed by atoms with E-state index in [-0.39, 0.29) is 6.10 Å². The molecule has 88 valence electrons. The van der Waals surface area contributed by atoms with Crippen molar-refractivity contribution < 1.29 is 4.74 Å². The van der Waals surface area contributed by atoms with Crippen LogP contribution in [-0.2, 0) is 4.74 Å². The minimum atomic E-state index is 0.196. The van der Waals surface area contributed by atoms with Crippen LogP contribution in [0.15, 0.2) is 12.4 Å². The predicted molar refractivity (Wildman–Crippen MR) is 62.2 cm³/mol. The van der Waals surface area contributed by atoms with E-state index >= 15 is 0 Å². The number of morpholine rings is 1. The molecule has 1 unspecified atom stereocenters. The first-order valence-electron chi connectivity index (χ1n) is 5.35. The summed E-state index contributed by atoms with van der Waals surface area (Å²) in [7, 11) is 2.09. The smallest absolute Gasteiger partial charge is 0.147 e. The fraction of sp³-hybridized carbons (Fsp3) is 0.600. The zero-order valence-electron chi connectivity index (χ0n) is 9.39. The minimum absolute atomic E-state index is 0.196. The molecule has 6 nitrogen and oxygen atoms in total. The molecule has 16 heavy (non-hydrogen) atoms. The van der Waals surface area contributed by atoms with Crippen molar-refractivity contribution in [3.05, 3.63) is 12.4 Å². The summed E-state index contributed by atoms with van der Waals surface area (Å²) in [5.74, 6) is 1.11. The zero-order valence-corrected chi connectivity index (χ0v) is 9.39. The first kappa shape index (κ1) is 11.1. The minimum Gasteiger partial charge on any atom is -0.382 e. The van der Waals surface area contributed by atoms with Crippen LogP contribution in [0.4, 0.5) is 11.6 Å². The lowest BCUT2D eigenvalue weighted by molar-refractivity contribution is -0.0117. The van der Waals surface area contributed by atoms with E-state index < -0.39 is 0 Å². The van der Waals surface area contributed by atoms with Crippen molar-refractivity contribution in [1.29, 1.82) is 0 Å². The number of hydrogen-bond acceptors (Lipinski definition) is 6. The molecule has 0 amide bonds. The number of likely N-dealkylation sites (N-methyl/N-ethyl adjacent to an activating group) is 1. The summed E-state index contributed by atoms with van der Waals surface area (Å²) in [5, 5.41) is 3.17. The van der Waals surface area contributed by atoms with Crippen LogP contribution in [-0.4, -0.2) is 54.3 Å². The van der Waals surface area contributed by atoms with Crippen molar-refractivity contribution in [2.45, 2.75) is 6.10 Å². The molecule has 1 fully saturated rings.